The molecular formula is C15H23N3O3. The molecule has 1 atom stereocenters. The van der Waals surface area contributed by atoms with E-state index in [0.717, 1.165) is 12.0 Å². The molecule has 21 heavy (non-hydrogen) atoms. The summed E-state index contributed by atoms with van der Waals surface area (Å²) >= 11 is 0. The van der Waals surface area contributed by atoms with Gasteiger partial charge in [0, 0.05) is 19.8 Å². The third-order valence-electron chi connectivity index (χ3n) is 3.04. The third-order valence-corrected chi connectivity index (χ3v) is 3.04. The Morgan fingerprint density at radius 2 is 2.14 bits per heavy atom. The number of rotatable bonds is 9. The van der Waals surface area contributed by atoms with Crippen molar-refractivity contribution >= 4 is 11.7 Å². The van der Waals surface area contributed by atoms with Gasteiger partial charge in [-0.1, -0.05) is 35.5 Å². The molecule has 6 heteroatoms. The first kappa shape index (κ1) is 17.0. The fraction of sp³-hybridized carbons (Fsp3) is 0.467. The Morgan fingerprint density at radius 3 is 2.76 bits per heavy atom. The molecule has 6 nitrogen and oxygen atoms in total. The number of carbonyl (C=O) groups is 1. The first-order chi connectivity index (χ1) is 10.2. The van der Waals surface area contributed by atoms with E-state index in [2.05, 4.69) is 10.5 Å². The normalized spacial score (nSPS) is 12.9. The van der Waals surface area contributed by atoms with Gasteiger partial charge in [0.2, 0.25) is 5.91 Å². The lowest BCUT2D eigenvalue weighted by Crippen LogP contribution is -2.40. The molecule has 0 radical (unpaired) electrons. The van der Waals surface area contributed by atoms with Crippen molar-refractivity contribution < 1.29 is 14.7 Å². The van der Waals surface area contributed by atoms with E-state index in [1.54, 1.807) is 0 Å². The maximum atomic E-state index is 12.2. The summed E-state index contributed by atoms with van der Waals surface area (Å²) in [5.41, 5.74) is 6.59. The van der Waals surface area contributed by atoms with Gasteiger partial charge in [0.15, 0.2) is 5.84 Å². The van der Waals surface area contributed by atoms with Crippen LogP contribution in [0.1, 0.15) is 18.9 Å². The molecule has 0 heterocycles. The quantitative estimate of drug-likeness (QED) is 0.209. The maximum Gasteiger partial charge on any atom is 0.231 e. The Labute approximate surface area is 125 Å². The summed E-state index contributed by atoms with van der Waals surface area (Å²) in [6, 6.07) is 9.48. The van der Waals surface area contributed by atoms with Crippen LogP contribution in [0.25, 0.3) is 0 Å². The lowest BCUT2D eigenvalue weighted by molar-refractivity contribution is -0.123. The molecule has 0 saturated heterocycles. The summed E-state index contributed by atoms with van der Waals surface area (Å²) in [5, 5.41) is 14.6. The van der Waals surface area contributed by atoms with E-state index < -0.39 is 5.92 Å². The smallest absolute Gasteiger partial charge is 0.231 e. The van der Waals surface area contributed by atoms with E-state index >= 15 is 0 Å². The van der Waals surface area contributed by atoms with Crippen LogP contribution in [0.15, 0.2) is 35.5 Å². The van der Waals surface area contributed by atoms with Crippen LogP contribution >= 0.6 is 0 Å². The summed E-state index contributed by atoms with van der Waals surface area (Å²) < 4.78 is 5.20. The lowest BCUT2D eigenvalue weighted by atomic mass is 9.97. The van der Waals surface area contributed by atoms with Gasteiger partial charge in [0.1, 0.15) is 5.92 Å². The topological polar surface area (TPSA) is 96.9 Å². The molecule has 0 aromatic heterocycles. The summed E-state index contributed by atoms with van der Waals surface area (Å²) in [6.07, 6.45) is 1.13. The fourth-order valence-electron chi connectivity index (χ4n) is 1.90. The second-order valence-corrected chi connectivity index (χ2v) is 4.61. The van der Waals surface area contributed by atoms with Gasteiger partial charge in [-0.25, -0.2) is 0 Å². The van der Waals surface area contributed by atoms with Crippen LogP contribution in [0.3, 0.4) is 0 Å². The molecule has 0 spiro atoms. The van der Waals surface area contributed by atoms with Crippen molar-refractivity contribution in [3.8, 4) is 0 Å². The molecule has 0 aliphatic heterocycles. The molecular weight excluding hydrogens is 270 g/mol. The fourth-order valence-corrected chi connectivity index (χ4v) is 1.90. The van der Waals surface area contributed by atoms with Crippen molar-refractivity contribution in [3.05, 3.63) is 35.9 Å². The second-order valence-electron chi connectivity index (χ2n) is 4.61. The van der Waals surface area contributed by atoms with Gasteiger partial charge in [-0.15, -0.1) is 0 Å². The predicted octanol–water partition coefficient (Wildman–Crippen LogP) is 1.13. The van der Waals surface area contributed by atoms with Gasteiger partial charge in [-0.2, -0.15) is 0 Å². The zero-order chi connectivity index (χ0) is 15.5. The minimum atomic E-state index is -0.676. The standard InChI is InChI=1S/C15H23N3O3/c1-2-21-10-6-9-17-15(19)13(14(16)18-20)11-12-7-4-3-5-8-12/h3-5,7-8,13,20H,2,6,9-11H2,1H3,(H2,16,18)(H,17,19). The van der Waals surface area contributed by atoms with Crippen molar-refractivity contribution in [2.75, 3.05) is 19.8 Å². The highest BCUT2D eigenvalue weighted by Crippen LogP contribution is 2.09. The van der Waals surface area contributed by atoms with Crippen LogP contribution in [0.2, 0.25) is 0 Å². The zero-order valence-electron chi connectivity index (χ0n) is 12.3. The number of amidine groups is 1. The average Bonchev–Trinajstić information content (AvgIpc) is 2.52. The predicted molar refractivity (Wildman–Crippen MR) is 81.2 cm³/mol. The Bertz CT molecular complexity index is 449. The molecule has 116 valence electrons. The SMILES string of the molecule is CCOCCCNC(=O)C(Cc1ccccc1)C(N)=NO. The Morgan fingerprint density at radius 1 is 1.43 bits per heavy atom. The number of oxime groups is 1. The highest BCUT2D eigenvalue weighted by molar-refractivity contribution is 6.02. The number of nitrogens with one attached hydrogen (secondary N) is 1. The van der Waals surface area contributed by atoms with Gasteiger partial charge in [0.05, 0.1) is 0 Å². The Kier molecular flexibility index (Phi) is 7.89. The second kappa shape index (κ2) is 9.77. The molecule has 0 fully saturated rings. The van der Waals surface area contributed by atoms with Crippen molar-refractivity contribution in [3.63, 3.8) is 0 Å². The number of amides is 1. The van der Waals surface area contributed by atoms with Crippen molar-refractivity contribution in [2.45, 2.75) is 19.8 Å². The van der Waals surface area contributed by atoms with Crippen LogP contribution in [0.5, 0.6) is 0 Å². The molecule has 0 aliphatic rings. The summed E-state index contributed by atoms with van der Waals surface area (Å²) in [6.45, 7) is 3.69. The molecule has 1 aromatic carbocycles. The molecule has 1 aromatic rings. The number of nitrogens with two attached hydrogens (primary N) is 1. The number of nitrogens with zero attached hydrogens (tertiary/aromatic N) is 1. The van der Waals surface area contributed by atoms with Crippen LogP contribution in [-0.4, -0.2) is 36.7 Å². The van der Waals surface area contributed by atoms with E-state index in [9.17, 15) is 4.79 Å². The van der Waals surface area contributed by atoms with Crippen molar-refractivity contribution in [1.29, 1.82) is 0 Å². The number of hydrogen-bond acceptors (Lipinski definition) is 4. The molecule has 0 bridgehead atoms. The summed E-state index contributed by atoms with van der Waals surface area (Å²) in [7, 11) is 0. The van der Waals surface area contributed by atoms with Crippen LogP contribution in [-0.2, 0) is 16.0 Å². The maximum absolute atomic E-state index is 12.2. The van der Waals surface area contributed by atoms with Gasteiger partial charge in [-0.05, 0) is 25.3 Å². The van der Waals surface area contributed by atoms with Crippen LogP contribution in [0.4, 0.5) is 0 Å². The van der Waals surface area contributed by atoms with Gasteiger partial charge >= 0.3 is 0 Å². The van der Waals surface area contributed by atoms with Crippen molar-refractivity contribution in [1.82, 2.24) is 5.32 Å². The number of ether oxygens (including phenoxy) is 1. The molecule has 4 N–H and O–H groups in total. The first-order valence-electron chi connectivity index (χ1n) is 7.05. The van der Waals surface area contributed by atoms with Crippen LogP contribution < -0.4 is 11.1 Å². The monoisotopic (exact) mass is 293 g/mol. The van der Waals surface area contributed by atoms with Gasteiger partial charge in [0.25, 0.3) is 0 Å². The molecule has 0 saturated carbocycles. The van der Waals surface area contributed by atoms with E-state index in [4.69, 9.17) is 15.7 Å². The number of benzene rings is 1. The number of carbonyl (C=O) groups excluding carboxylic acids is 1. The number of hydrogen-bond donors (Lipinski definition) is 3. The highest BCUT2D eigenvalue weighted by Gasteiger charge is 2.23. The third kappa shape index (κ3) is 6.27. The van der Waals surface area contributed by atoms with Crippen LogP contribution in [0, 0.1) is 5.92 Å². The van der Waals surface area contributed by atoms with E-state index in [0.29, 0.717) is 26.2 Å². The van der Waals surface area contributed by atoms with E-state index in [1.807, 2.05) is 37.3 Å². The molecule has 1 amide bonds. The summed E-state index contributed by atoms with van der Waals surface area (Å²) in [5.74, 6) is -1.00. The Hall–Kier alpha value is -2.08. The Balaban J connectivity index is 2.55. The van der Waals surface area contributed by atoms with Gasteiger partial charge in [-0.3, -0.25) is 4.79 Å². The molecule has 1 rings (SSSR count). The lowest BCUT2D eigenvalue weighted by Gasteiger charge is -2.15. The van der Waals surface area contributed by atoms with Gasteiger partial charge < -0.3 is 21.0 Å². The van der Waals surface area contributed by atoms with E-state index in [-0.39, 0.29) is 11.7 Å². The highest BCUT2D eigenvalue weighted by atomic mass is 16.5. The first-order valence-corrected chi connectivity index (χ1v) is 7.05. The molecule has 1 unspecified atom stereocenters. The average molecular weight is 293 g/mol. The zero-order valence-corrected chi connectivity index (χ0v) is 12.3. The largest absolute Gasteiger partial charge is 0.409 e. The molecule has 0 aliphatic carbocycles. The minimum Gasteiger partial charge on any atom is -0.409 e. The van der Waals surface area contributed by atoms with Crippen molar-refractivity contribution in [2.24, 2.45) is 16.8 Å². The van der Waals surface area contributed by atoms with E-state index in [1.165, 1.54) is 0 Å². The summed E-state index contributed by atoms with van der Waals surface area (Å²) in [4.78, 5) is 12.2. The minimum absolute atomic E-state index is 0.0823.